The zero-order valence-electron chi connectivity index (χ0n) is 11.3. The summed E-state index contributed by atoms with van der Waals surface area (Å²) in [6.07, 6.45) is 4.48. The molecule has 0 spiro atoms. The molecule has 3 N–H and O–H groups in total. The van der Waals surface area contributed by atoms with E-state index in [1.54, 1.807) is 24.5 Å². The second kappa shape index (κ2) is 5.59. The van der Waals surface area contributed by atoms with Crippen LogP contribution in [0.3, 0.4) is 0 Å². The minimum atomic E-state index is -3.68. The fourth-order valence-corrected chi connectivity index (χ4v) is 2.80. The van der Waals surface area contributed by atoms with Crippen molar-refractivity contribution in [2.45, 2.75) is 31.3 Å². The smallest absolute Gasteiger partial charge is 0.246 e. The Morgan fingerprint density at radius 3 is 2.55 bits per heavy atom. The zero-order valence-corrected chi connectivity index (χ0v) is 12.1. The number of sulfonamides is 1. The minimum Gasteiger partial charge on any atom is -0.383 e. The van der Waals surface area contributed by atoms with Gasteiger partial charge in [0.25, 0.3) is 0 Å². The van der Waals surface area contributed by atoms with E-state index in [4.69, 9.17) is 5.73 Å². The van der Waals surface area contributed by atoms with Crippen LogP contribution in [0.4, 0.5) is 5.82 Å². The van der Waals surface area contributed by atoms with Crippen LogP contribution in [0.1, 0.15) is 25.5 Å². The van der Waals surface area contributed by atoms with E-state index in [-0.39, 0.29) is 23.3 Å². The topological polar surface area (TPSA) is 103 Å². The van der Waals surface area contributed by atoms with Gasteiger partial charge in [-0.1, -0.05) is 0 Å². The van der Waals surface area contributed by atoms with E-state index in [1.807, 2.05) is 13.8 Å². The maximum atomic E-state index is 12.2. The molecule has 0 fully saturated rings. The lowest BCUT2D eigenvalue weighted by Crippen LogP contribution is -2.24. The summed E-state index contributed by atoms with van der Waals surface area (Å²) in [4.78, 5) is 3.87. The lowest BCUT2D eigenvalue weighted by Gasteiger charge is -2.09. The first kappa shape index (κ1) is 14.5. The van der Waals surface area contributed by atoms with E-state index >= 15 is 0 Å². The molecule has 0 aliphatic carbocycles. The number of pyridine rings is 1. The Morgan fingerprint density at radius 1 is 1.35 bits per heavy atom. The Kier molecular flexibility index (Phi) is 4.05. The number of nitrogens with two attached hydrogens (primary N) is 1. The van der Waals surface area contributed by atoms with E-state index < -0.39 is 10.0 Å². The fourth-order valence-electron chi connectivity index (χ4n) is 1.73. The molecule has 0 aliphatic heterocycles. The quantitative estimate of drug-likeness (QED) is 0.853. The van der Waals surface area contributed by atoms with Crippen molar-refractivity contribution < 1.29 is 8.42 Å². The maximum absolute atomic E-state index is 12.2. The van der Waals surface area contributed by atoms with Gasteiger partial charge in [0.2, 0.25) is 10.0 Å². The van der Waals surface area contributed by atoms with Crippen molar-refractivity contribution in [3.05, 3.63) is 36.3 Å². The van der Waals surface area contributed by atoms with E-state index in [9.17, 15) is 8.42 Å². The monoisotopic (exact) mass is 295 g/mol. The second-order valence-corrected chi connectivity index (χ2v) is 6.35. The van der Waals surface area contributed by atoms with Crippen LogP contribution in [0.5, 0.6) is 0 Å². The van der Waals surface area contributed by atoms with Crippen molar-refractivity contribution in [1.82, 2.24) is 19.5 Å². The van der Waals surface area contributed by atoms with Crippen molar-refractivity contribution in [3.63, 3.8) is 0 Å². The van der Waals surface area contributed by atoms with Crippen molar-refractivity contribution in [2.75, 3.05) is 5.73 Å². The van der Waals surface area contributed by atoms with E-state index in [1.165, 1.54) is 10.9 Å². The normalized spacial score (nSPS) is 11.9. The number of nitrogens with zero attached hydrogens (tertiary/aromatic N) is 3. The van der Waals surface area contributed by atoms with Crippen molar-refractivity contribution in [1.29, 1.82) is 0 Å². The Morgan fingerprint density at radius 2 is 2.00 bits per heavy atom. The molecule has 0 atom stereocenters. The van der Waals surface area contributed by atoms with Crippen LogP contribution >= 0.6 is 0 Å². The Hall–Kier alpha value is -1.93. The summed E-state index contributed by atoms with van der Waals surface area (Å²) in [6.45, 7) is 3.94. The molecule has 0 amide bonds. The minimum absolute atomic E-state index is 0.000237. The molecule has 2 rings (SSSR count). The number of anilines is 1. The van der Waals surface area contributed by atoms with Crippen LogP contribution in [-0.2, 0) is 16.6 Å². The number of nitrogens with one attached hydrogen (secondary N) is 1. The number of rotatable bonds is 5. The van der Waals surface area contributed by atoms with Crippen molar-refractivity contribution >= 4 is 15.8 Å². The van der Waals surface area contributed by atoms with Gasteiger partial charge in [-0.05, 0) is 31.5 Å². The van der Waals surface area contributed by atoms with Crippen molar-refractivity contribution in [2.24, 2.45) is 0 Å². The molecule has 0 aromatic carbocycles. The summed E-state index contributed by atoms with van der Waals surface area (Å²) in [7, 11) is -3.68. The third kappa shape index (κ3) is 2.97. The van der Waals surface area contributed by atoms with Gasteiger partial charge in [0, 0.05) is 25.0 Å². The van der Waals surface area contributed by atoms with Crippen LogP contribution in [-0.4, -0.2) is 23.2 Å². The third-order valence-electron chi connectivity index (χ3n) is 2.79. The van der Waals surface area contributed by atoms with Gasteiger partial charge in [-0.3, -0.25) is 4.98 Å². The highest BCUT2D eigenvalue weighted by Crippen LogP contribution is 2.20. The molecule has 2 aromatic rings. The summed E-state index contributed by atoms with van der Waals surface area (Å²) in [5.74, 6) is 0.141. The molecule has 2 heterocycles. The second-order valence-electron chi connectivity index (χ2n) is 4.61. The average Bonchev–Trinajstić information content (AvgIpc) is 2.80. The molecule has 0 bridgehead atoms. The Balaban J connectivity index is 2.19. The molecule has 108 valence electrons. The lowest BCUT2D eigenvalue weighted by molar-refractivity contribution is 0.539. The first-order valence-electron chi connectivity index (χ1n) is 6.13. The van der Waals surface area contributed by atoms with Gasteiger partial charge in [0.1, 0.15) is 10.7 Å². The highest BCUT2D eigenvalue weighted by molar-refractivity contribution is 7.89. The molecule has 0 saturated carbocycles. The molecule has 0 aliphatic rings. The van der Waals surface area contributed by atoms with Gasteiger partial charge in [0.15, 0.2) is 0 Å². The van der Waals surface area contributed by atoms with Crippen molar-refractivity contribution in [3.8, 4) is 0 Å². The van der Waals surface area contributed by atoms with Crippen LogP contribution in [0.2, 0.25) is 0 Å². The third-order valence-corrected chi connectivity index (χ3v) is 4.21. The number of hydrogen-bond acceptors (Lipinski definition) is 5. The molecular formula is C12H17N5O2S. The Bertz CT molecular complexity index is 679. The van der Waals surface area contributed by atoms with Gasteiger partial charge in [0.05, 0.1) is 6.20 Å². The van der Waals surface area contributed by atoms with Crippen LogP contribution < -0.4 is 10.5 Å². The highest BCUT2D eigenvalue weighted by Gasteiger charge is 2.22. The van der Waals surface area contributed by atoms with Gasteiger partial charge in [-0.15, -0.1) is 0 Å². The molecule has 8 heteroatoms. The summed E-state index contributed by atoms with van der Waals surface area (Å²) in [5.41, 5.74) is 6.65. The highest BCUT2D eigenvalue weighted by atomic mass is 32.2. The molecule has 0 unspecified atom stereocenters. The summed E-state index contributed by atoms with van der Waals surface area (Å²) < 4.78 is 28.4. The number of hydrogen-bond donors (Lipinski definition) is 2. The molecule has 7 nitrogen and oxygen atoms in total. The van der Waals surface area contributed by atoms with E-state index in [0.717, 1.165) is 5.56 Å². The first-order valence-corrected chi connectivity index (χ1v) is 7.61. The first-order chi connectivity index (χ1) is 9.42. The molecular weight excluding hydrogens is 278 g/mol. The largest absolute Gasteiger partial charge is 0.383 e. The molecule has 2 aromatic heterocycles. The number of nitrogen functional groups attached to an aromatic ring is 1. The van der Waals surface area contributed by atoms with Crippen LogP contribution in [0.25, 0.3) is 0 Å². The van der Waals surface area contributed by atoms with Crippen LogP contribution in [0, 0.1) is 0 Å². The maximum Gasteiger partial charge on any atom is 0.246 e. The molecule has 0 radical (unpaired) electrons. The summed E-state index contributed by atoms with van der Waals surface area (Å²) >= 11 is 0. The zero-order chi connectivity index (χ0) is 14.8. The van der Waals surface area contributed by atoms with Crippen LogP contribution in [0.15, 0.2) is 35.6 Å². The summed E-state index contributed by atoms with van der Waals surface area (Å²) in [6, 6.07) is 3.48. The van der Waals surface area contributed by atoms with Gasteiger partial charge in [-0.2, -0.15) is 5.10 Å². The lowest BCUT2D eigenvalue weighted by atomic mass is 10.3. The summed E-state index contributed by atoms with van der Waals surface area (Å²) in [5, 5.41) is 4.00. The standard InChI is InChI=1S/C12H17N5O2S/c1-9(2)17-12(13)11(8-15-17)20(18,19)16-7-10-3-5-14-6-4-10/h3-6,8-9,16H,7,13H2,1-2H3. The van der Waals surface area contributed by atoms with Gasteiger partial charge < -0.3 is 5.73 Å². The predicted molar refractivity (Wildman–Crippen MR) is 75.3 cm³/mol. The molecule has 0 saturated heterocycles. The molecule has 20 heavy (non-hydrogen) atoms. The Labute approximate surface area is 117 Å². The van der Waals surface area contributed by atoms with Gasteiger partial charge >= 0.3 is 0 Å². The number of aromatic nitrogens is 3. The predicted octanol–water partition coefficient (Wildman–Crippen LogP) is 0.920. The SMILES string of the molecule is CC(C)n1ncc(S(=O)(=O)NCc2ccncc2)c1N. The van der Waals surface area contributed by atoms with E-state index in [2.05, 4.69) is 14.8 Å². The fraction of sp³-hybridized carbons (Fsp3) is 0.333. The average molecular weight is 295 g/mol. The van der Waals surface area contributed by atoms with E-state index in [0.29, 0.717) is 0 Å². The van der Waals surface area contributed by atoms with Gasteiger partial charge in [-0.25, -0.2) is 17.8 Å².